The highest BCUT2D eigenvalue weighted by Crippen LogP contribution is 2.05. The summed E-state index contributed by atoms with van der Waals surface area (Å²) in [6, 6.07) is 0. The highest BCUT2D eigenvalue weighted by molar-refractivity contribution is 5.88. The topological polar surface area (TPSA) is 72.8 Å². The van der Waals surface area contributed by atoms with Crippen molar-refractivity contribution in [1.82, 2.24) is 0 Å². The van der Waals surface area contributed by atoms with E-state index in [9.17, 15) is 9.59 Å². The maximum Gasteiger partial charge on any atom is 0.373 e. The summed E-state index contributed by atoms with van der Waals surface area (Å²) >= 11 is 0. The molecular formula is C11H20O5. The number of ether oxygens (including phenoxy) is 2. The maximum atomic E-state index is 10.4. The van der Waals surface area contributed by atoms with Gasteiger partial charge in [-0.15, -0.1) is 0 Å². The Bertz CT molecular complexity index is 227. The number of hydrogen-bond acceptors (Lipinski definition) is 5. The zero-order valence-corrected chi connectivity index (χ0v) is 10.3. The molecular weight excluding hydrogens is 212 g/mol. The van der Waals surface area contributed by atoms with E-state index >= 15 is 0 Å². The van der Waals surface area contributed by atoms with Crippen LogP contribution in [-0.4, -0.2) is 37.2 Å². The van der Waals surface area contributed by atoms with Gasteiger partial charge in [0, 0.05) is 12.7 Å². The summed E-state index contributed by atoms with van der Waals surface area (Å²) in [5, 5.41) is 7.88. The van der Waals surface area contributed by atoms with Crippen LogP contribution in [0.3, 0.4) is 0 Å². The van der Waals surface area contributed by atoms with Gasteiger partial charge >= 0.3 is 5.97 Å². The molecule has 0 saturated carbocycles. The number of rotatable bonds is 2. The predicted octanol–water partition coefficient (Wildman–Crippen LogP) is 1.06. The summed E-state index contributed by atoms with van der Waals surface area (Å²) in [5.74, 6) is 0.109. The Labute approximate surface area is 96.0 Å². The largest absolute Gasteiger partial charge is 0.490 e. The lowest BCUT2D eigenvalue weighted by molar-refractivity contribution is -0.138. The van der Waals surface area contributed by atoms with Crippen molar-refractivity contribution < 1.29 is 24.2 Å². The lowest BCUT2D eigenvalue weighted by atomic mass is 10.5. The smallest absolute Gasteiger partial charge is 0.373 e. The first-order chi connectivity index (χ1) is 7.49. The van der Waals surface area contributed by atoms with Crippen molar-refractivity contribution in [3.8, 4) is 0 Å². The molecule has 0 aromatic carbocycles. The minimum absolute atomic E-state index is 0.167. The summed E-state index contributed by atoms with van der Waals surface area (Å²) in [6.45, 7) is 5.65. The number of aliphatic hydroxyl groups is 1. The van der Waals surface area contributed by atoms with E-state index in [4.69, 9.17) is 5.11 Å². The van der Waals surface area contributed by atoms with Crippen molar-refractivity contribution in [1.29, 1.82) is 0 Å². The molecule has 0 fully saturated rings. The summed E-state index contributed by atoms with van der Waals surface area (Å²) in [6.07, 6.45) is 2.47. The van der Waals surface area contributed by atoms with Crippen LogP contribution in [-0.2, 0) is 19.1 Å². The number of ketones is 1. The van der Waals surface area contributed by atoms with Crippen LogP contribution in [0, 0.1) is 0 Å². The highest BCUT2D eigenvalue weighted by atomic mass is 16.6. The van der Waals surface area contributed by atoms with Crippen molar-refractivity contribution >= 4 is 11.8 Å². The van der Waals surface area contributed by atoms with Crippen molar-refractivity contribution in [2.24, 2.45) is 0 Å². The van der Waals surface area contributed by atoms with Crippen LogP contribution in [0.4, 0.5) is 0 Å². The molecule has 0 aromatic heterocycles. The fraction of sp³-hybridized carbons (Fsp3) is 0.636. The minimum atomic E-state index is -0.368. The molecule has 5 nitrogen and oxygen atoms in total. The third-order valence-electron chi connectivity index (χ3n) is 1.13. The van der Waals surface area contributed by atoms with E-state index in [-0.39, 0.29) is 11.8 Å². The fourth-order valence-electron chi connectivity index (χ4n) is 0.514. The average molecular weight is 232 g/mol. The lowest BCUT2D eigenvalue weighted by Crippen LogP contribution is -1.99. The number of carbonyl (C=O) groups is 2. The monoisotopic (exact) mass is 232 g/mol. The Morgan fingerprint density at radius 1 is 1.56 bits per heavy atom. The molecule has 0 unspecified atom stereocenters. The molecule has 0 aliphatic carbocycles. The van der Waals surface area contributed by atoms with Gasteiger partial charge in [-0.2, -0.15) is 0 Å². The Morgan fingerprint density at radius 2 is 2.00 bits per heavy atom. The number of carbonyl (C=O) groups excluding carboxylic acids is 2. The Hall–Kier alpha value is -1.36. The van der Waals surface area contributed by atoms with E-state index < -0.39 is 0 Å². The van der Waals surface area contributed by atoms with Crippen molar-refractivity contribution in [2.75, 3.05) is 20.3 Å². The normalized spacial score (nSPS) is 12.3. The lowest BCUT2D eigenvalue weighted by Gasteiger charge is -1.92. The van der Waals surface area contributed by atoms with E-state index in [1.807, 2.05) is 6.92 Å². The highest BCUT2D eigenvalue weighted by Gasteiger charge is 2.15. The van der Waals surface area contributed by atoms with Crippen LogP contribution in [0.1, 0.15) is 27.2 Å². The molecule has 0 bridgehead atoms. The number of hydrogen-bond donors (Lipinski definition) is 1. The first kappa shape index (κ1) is 17.0. The van der Waals surface area contributed by atoms with Crippen LogP contribution in [0.2, 0.25) is 0 Å². The molecule has 1 rings (SSSR count). The van der Waals surface area contributed by atoms with Gasteiger partial charge in [0.25, 0.3) is 0 Å². The van der Waals surface area contributed by atoms with Crippen molar-refractivity contribution in [3.63, 3.8) is 0 Å². The van der Waals surface area contributed by atoms with E-state index in [1.165, 1.54) is 21.0 Å². The SMILES string of the molecule is CC(C)=O.CCCO.COC1=CCOC1=O. The van der Waals surface area contributed by atoms with E-state index in [1.54, 1.807) is 6.08 Å². The molecule has 0 radical (unpaired) electrons. The zero-order valence-electron chi connectivity index (χ0n) is 10.3. The van der Waals surface area contributed by atoms with E-state index in [0.717, 1.165) is 6.42 Å². The van der Waals surface area contributed by atoms with Crippen LogP contribution in [0.25, 0.3) is 0 Å². The molecule has 0 spiro atoms. The van der Waals surface area contributed by atoms with Gasteiger partial charge in [0.1, 0.15) is 12.4 Å². The summed E-state index contributed by atoms with van der Waals surface area (Å²) in [7, 11) is 1.44. The van der Waals surface area contributed by atoms with Crippen LogP contribution < -0.4 is 0 Å². The van der Waals surface area contributed by atoms with Crippen LogP contribution in [0.5, 0.6) is 0 Å². The van der Waals surface area contributed by atoms with Gasteiger partial charge in [0.2, 0.25) is 5.76 Å². The number of aliphatic hydroxyl groups excluding tert-OH is 1. The first-order valence-electron chi connectivity index (χ1n) is 4.98. The van der Waals surface area contributed by atoms with Gasteiger partial charge in [-0.1, -0.05) is 6.92 Å². The molecule has 1 heterocycles. The van der Waals surface area contributed by atoms with Crippen LogP contribution >= 0.6 is 0 Å². The second-order valence-corrected chi connectivity index (χ2v) is 3.00. The van der Waals surface area contributed by atoms with E-state index in [2.05, 4.69) is 9.47 Å². The minimum Gasteiger partial charge on any atom is -0.490 e. The molecule has 1 N–H and O–H groups in total. The Kier molecular flexibility index (Phi) is 12.5. The number of cyclic esters (lactones) is 1. The Morgan fingerprint density at radius 3 is 2.12 bits per heavy atom. The first-order valence-corrected chi connectivity index (χ1v) is 4.98. The Balaban J connectivity index is 0. The number of Topliss-reactive ketones (excluding diaryl/α,β-unsaturated/α-hetero) is 1. The van der Waals surface area contributed by atoms with Crippen molar-refractivity contribution in [2.45, 2.75) is 27.2 Å². The molecule has 0 amide bonds. The number of methoxy groups -OCH3 is 1. The van der Waals surface area contributed by atoms with E-state index in [0.29, 0.717) is 19.0 Å². The van der Waals surface area contributed by atoms with Gasteiger partial charge in [0.15, 0.2) is 0 Å². The molecule has 16 heavy (non-hydrogen) atoms. The second-order valence-electron chi connectivity index (χ2n) is 3.00. The number of esters is 1. The molecule has 0 atom stereocenters. The molecule has 0 saturated heterocycles. The quantitative estimate of drug-likeness (QED) is 0.721. The van der Waals surface area contributed by atoms with Gasteiger partial charge in [-0.3, -0.25) is 0 Å². The van der Waals surface area contributed by atoms with Gasteiger partial charge in [0.05, 0.1) is 7.11 Å². The molecule has 5 heteroatoms. The maximum absolute atomic E-state index is 10.4. The molecule has 0 aromatic rings. The summed E-state index contributed by atoms with van der Waals surface area (Å²) in [5.41, 5.74) is 0. The molecule has 94 valence electrons. The average Bonchev–Trinajstić information content (AvgIpc) is 2.63. The summed E-state index contributed by atoms with van der Waals surface area (Å²) in [4.78, 5) is 19.8. The standard InChI is InChI=1S/C5H6O3.C3H6O.C3H8O/c1-7-4-2-3-8-5(4)6;1-3(2)4;1-2-3-4/h2H,3H2,1H3;1-2H3;4H,2-3H2,1H3. The third-order valence-corrected chi connectivity index (χ3v) is 1.13. The van der Waals surface area contributed by atoms with Crippen LogP contribution in [0.15, 0.2) is 11.8 Å². The van der Waals surface area contributed by atoms with Gasteiger partial charge in [-0.05, 0) is 20.3 Å². The van der Waals surface area contributed by atoms with Crippen molar-refractivity contribution in [3.05, 3.63) is 11.8 Å². The fourth-order valence-corrected chi connectivity index (χ4v) is 0.514. The van der Waals surface area contributed by atoms with Gasteiger partial charge < -0.3 is 19.4 Å². The zero-order chi connectivity index (χ0) is 13.0. The molecule has 1 aliphatic rings. The predicted molar refractivity (Wildman–Crippen MR) is 59.8 cm³/mol. The second kappa shape index (κ2) is 11.7. The molecule has 1 aliphatic heterocycles. The third kappa shape index (κ3) is 12.6. The van der Waals surface area contributed by atoms with Gasteiger partial charge in [-0.25, -0.2) is 4.79 Å². The summed E-state index contributed by atoms with van der Waals surface area (Å²) < 4.78 is 9.11.